The third-order valence-electron chi connectivity index (χ3n) is 17.6. The molecule has 2 spiro atoms. The van der Waals surface area contributed by atoms with Crippen molar-refractivity contribution in [3.8, 4) is 56.4 Å². The van der Waals surface area contributed by atoms with Crippen LogP contribution in [0.3, 0.4) is 0 Å². The highest BCUT2D eigenvalue weighted by Crippen LogP contribution is 2.65. The van der Waals surface area contributed by atoms with E-state index in [1.54, 1.807) is 0 Å². The summed E-state index contributed by atoms with van der Waals surface area (Å²) in [4.78, 5) is 2.48. The smallest absolute Gasteiger partial charge is 0.132 e. The molecule has 78 heavy (non-hydrogen) atoms. The van der Waals surface area contributed by atoms with Gasteiger partial charge >= 0.3 is 0 Å². The standard InChI is InChI=1S/C74H48N2O2/c1-2-18-49(19-3-1)76-67-29-13-6-22-57(67)58-44-48(36-43-68(58)76)47-34-37-50(38-35-47)75(51-39-41-55-53-20-4-7-23-59(53)73(65(55)45-51)61-25-9-14-30-69(61)77-70-31-15-10-26-62(70)73)52-40-42-56-54-21-5-8-24-60(54)74(66(56)46-52)63-27-11-16-32-71(63)78-72-33-17-12-28-64(72)74/h1-2,4-18,20-46H,3,19H2. The molecule has 0 atom stereocenters. The van der Waals surface area contributed by atoms with Crippen LogP contribution in [-0.2, 0) is 10.8 Å². The lowest BCUT2D eigenvalue weighted by molar-refractivity contribution is 0.436. The first kappa shape index (κ1) is 43.4. The van der Waals surface area contributed by atoms with E-state index in [9.17, 15) is 0 Å². The Hall–Kier alpha value is -9.90. The molecule has 1 aromatic heterocycles. The molecule has 0 bridgehead atoms. The van der Waals surface area contributed by atoms with Crippen LogP contribution in [0, 0.1) is 0 Å². The molecule has 0 amide bonds. The van der Waals surface area contributed by atoms with E-state index in [4.69, 9.17) is 9.47 Å². The molecule has 17 rings (SSSR count). The molecule has 12 aromatic rings. The maximum atomic E-state index is 6.78. The van der Waals surface area contributed by atoms with E-state index in [2.05, 4.69) is 276 Å². The molecule has 0 N–H and O–H groups in total. The lowest BCUT2D eigenvalue weighted by Crippen LogP contribution is -2.32. The van der Waals surface area contributed by atoms with E-state index in [0.29, 0.717) is 0 Å². The topological polar surface area (TPSA) is 26.6 Å². The summed E-state index contributed by atoms with van der Waals surface area (Å²) >= 11 is 0. The van der Waals surface area contributed by atoms with E-state index in [0.717, 1.165) is 80.7 Å². The summed E-state index contributed by atoms with van der Waals surface area (Å²) in [6.45, 7) is 0. The number of anilines is 3. The van der Waals surface area contributed by atoms with Crippen molar-refractivity contribution >= 4 is 44.6 Å². The average Bonchev–Trinajstić information content (AvgIpc) is 4.27. The summed E-state index contributed by atoms with van der Waals surface area (Å²) in [6.07, 6.45) is 8.80. The molecule has 0 radical (unpaired) electrons. The van der Waals surface area contributed by atoms with Crippen LogP contribution in [0.15, 0.2) is 267 Å². The van der Waals surface area contributed by atoms with Gasteiger partial charge in [-0.05, 0) is 153 Å². The van der Waals surface area contributed by atoms with Gasteiger partial charge in [-0.25, -0.2) is 0 Å². The minimum Gasteiger partial charge on any atom is -0.457 e. The molecule has 0 saturated carbocycles. The molecule has 2 aliphatic heterocycles. The normalized spacial score (nSPS) is 15.0. The fourth-order valence-corrected chi connectivity index (χ4v) is 14.5. The number of benzene rings is 11. The molecule has 0 unspecified atom stereocenters. The Morgan fingerprint density at radius 1 is 0.346 bits per heavy atom. The van der Waals surface area contributed by atoms with E-state index in [1.165, 1.54) is 77.6 Å². The van der Waals surface area contributed by atoms with E-state index in [1.807, 2.05) is 0 Å². The fourth-order valence-electron chi connectivity index (χ4n) is 14.5. The Bertz CT molecular complexity index is 4300. The number of ether oxygens (including phenoxy) is 2. The van der Waals surface area contributed by atoms with Crippen LogP contribution in [0.4, 0.5) is 17.1 Å². The minimum absolute atomic E-state index is 0.631. The Balaban J connectivity index is 0.892. The van der Waals surface area contributed by atoms with Gasteiger partial charge in [-0.15, -0.1) is 0 Å². The second-order valence-corrected chi connectivity index (χ2v) is 21.3. The number of hydrogen-bond donors (Lipinski definition) is 0. The van der Waals surface area contributed by atoms with Crippen LogP contribution in [0.2, 0.25) is 0 Å². The van der Waals surface area contributed by atoms with Crippen LogP contribution in [0.1, 0.15) is 57.3 Å². The number of fused-ring (bicyclic) bond motifs is 21. The second-order valence-electron chi connectivity index (χ2n) is 21.3. The number of hydrogen-bond acceptors (Lipinski definition) is 3. The van der Waals surface area contributed by atoms with E-state index < -0.39 is 10.8 Å². The summed E-state index contributed by atoms with van der Waals surface area (Å²) in [5.41, 5.74) is 22.6. The number of nitrogens with zero attached hydrogens (tertiary/aromatic N) is 2. The van der Waals surface area contributed by atoms with Crippen molar-refractivity contribution in [3.05, 3.63) is 311 Å². The number of para-hydroxylation sites is 5. The summed E-state index contributed by atoms with van der Waals surface area (Å²) < 4.78 is 16.0. The highest BCUT2D eigenvalue weighted by atomic mass is 16.5. The maximum Gasteiger partial charge on any atom is 0.132 e. The zero-order chi connectivity index (χ0) is 51.1. The van der Waals surface area contributed by atoms with Crippen molar-refractivity contribution in [1.29, 1.82) is 0 Å². The third-order valence-corrected chi connectivity index (χ3v) is 17.6. The van der Waals surface area contributed by atoms with Crippen molar-refractivity contribution in [2.45, 2.75) is 23.7 Å². The molecular formula is C74H48N2O2. The molecule has 4 heteroatoms. The first-order valence-electron chi connectivity index (χ1n) is 27.2. The van der Waals surface area contributed by atoms with Gasteiger partial charge in [0.2, 0.25) is 0 Å². The van der Waals surface area contributed by atoms with E-state index >= 15 is 0 Å². The van der Waals surface area contributed by atoms with Gasteiger partial charge in [0.15, 0.2) is 0 Å². The first-order valence-corrected chi connectivity index (χ1v) is 27.2. The Kier molecular flexibility index (Phi) is 9.06. The van der Waals surface area contributed by atoms with Crippen LogP contribution in [0.25, 0.3) is 60.9 Å². The molecule has 0 saturated heterocycles. The Morgan fingerprint density at radius 2 is 0.782 bits per heavy atom. The highest BCUT2D eigenvalue weighted by molar-refractivity contribution is 6.11. The van der Waals surface area contributed by atoms with Crippen molar-refractivity contribution in [3.63, 3.8) is 0 Å². The summed E-state index contributed by atoms with van der Waals surface area (Å²) in [7, 11) is 0. The van der Waals surface area contributed by atoms with Gasteiger partial charge in [0.05, 0.1) is 21.9 Å². The molecule has 4 nitrogen and oxygen atoms in total. The number of aromatic nitrogens is 1. The fraction of sp³-hybridized carbons (Fsp3) is 0.0541. The maximum absolute atomic E-state index is 6.78. The predicted molar refractivity (Wildman–Crippen MR) is 317 cm³/mol. The SMILES string of the molecule is C1=CCCC(n2c3ccccc3c3cc(-c4ccc(N(c5ccc6c(c5)C5(c7ccccc7Oc7ccccc75)c5ccccc5-6)c5ccc6c(c5)C5(c7ccccc7Oc7ccccc75)c5ccccc5-6)cc4)ccc32)=C1. The van der Waals surface area contributed by atoms with Crippen molar-refractivity contribution in [2.24, 2.45) is 0 Å². The largest absolute Gasteiger partial charge is 0.457 e. The predicted octanol–water partition coefficient (Wildman–Crippen LogP) is 19.1. The monoisotopic (exact) mass is 996 g/mol. The molecular weight excluding hydrogens is 949 g/mol. The van der Waals surface area contributed by atoms with Crippen LogP contribution in [0.5, 0.6) is 23.0 Å². The lowest BCUT2D eigenvalue weighted by Gasteiger charge is -2.40. The van der Waals surface area contributed by atoms with Gasteiger partial charge in [-0.2, -0.15) is 0 Å². The number of rotatable bonds is 5. The molecule has 0 fully saturated rings. The third kappa shape index (κ3) is 5.78. The van der Waals surface area contributed by atoms with Crippen LogP contribution in [-0.4, -0.2) is 4.57 Å². The van der Waals surface area contributed by atoms with Gasteiger partial charge in [0.25, 0.3) is 0 Å². The molecule has 3 aliphatic carbocycles. The van der Waals surface area contributed by atoms with Crippen molar-refractivity contribution < 1.29 is 9.47 Å². The second kappa shape index (κ2) is 16.3. The Morgan fingerprint density at radius 3 is 1.31 bits per heavy atom. The summed E-state index contributed by atoms with van der Waals surface area (Å²) in [5, 5.41) is 2.53. The van der Waals surface area contributed by atoms with Gasteiger partial charge in [0.1, 0.15) is 23.0 Å². The van der Waals surface area contributed by atoms with Gasteiger partial charge in [0, 0.05) is 55.8 Å². The zero-order valence-corrected chi connectivity index (χ0v) is 42.5. The number of allylic oxidation sites excluding steroid dienone is 4. The highest BCUT2D eigenvalue weighted by Gasteiger charge is 2.53. The molecule has 11 aromatic carbocycles. The summed E-state index contributed by atoms with van der Waals surface area (Å²) in [6, 6.07) is 91.9. The summed E-state index contributed by atoms with van der Waals surface area (Å²) in [5.74, 6) is 3.51. The van der Waals surface area contributed by atoms with Crippen molar-refractivity contribution in [1.82, 2.24) is 4.57 Å². The van der Waals surface area contributed by atoms with Crippen molar-refractivity contribution in [2.75, 3.05) is 4.90 Å². The molecule has 3 heterocycles. The quantitative estimate of drug-likeness (QED) is 0.172. The van der Waals surface area contributed by atoms with Gasteiger partial charge in [-0.1, -0.05) is 182 Å². The lowest BCUT2D eigenvalue weighted by atomic mass is 9.66. The minimum atomic E-state index is -0.631. The van der Waals surface area contributed by atoms with Gasteiger partial charge in [-0.3, -0.25) is 0 Å². The molecule has 5 aliphatic rings. The van der Waals surface area contributed by atoms with Crippen LogP contribution < -0.4 is 14.4 Å². The van der Waals surface area contributed by atoms with Crippen LogP contribution >= 0.6 is 0 Å². The molecule has 366 valence electrons. The Labute approximate surface area is 452 Å². The first-order chi connectivity index (χ1) is 38.7. The zero-order valence-electron chi connectivity index (χ0n) is 42.5. The van der Waals surface area contributed by atoms with Gasteiger partial charge < -0.3 is 18.9 Å². The average molecular weight is 997 g/mol. The van der Waals surface area contributed by atoms with E-state index in [-0.39, 0.29) is 0 Å².